The number of para-hydroxylation sites is 2. The molecule has 2 aliphatic carbocycles. The fourth-order valence-corrected chi connectivity index (χ4v) is 17.0. The number of thiazole rings is 2. The highest BCUT2D eigenvalue weighted by Crippen LogP contribution is 2.50. The number of nitrogens with zero attached hydrogens (tertiary/aromatic N) is 6. The lowest BCUT2D eigenvalue weighted by Crippen LogP contribution is -2.45. The lowest BCUT2D eigenvalue weighted by molar-refractivity contribution is -0.275. The van der Waals surface area contributed by atoms with Gasteiger partial charge in [0, 0.05) is 62.7 Å². The number of rotatable bonds is 18. The minimum atomic E-state index is -4.87. The third kappa shape index (κ3) is 12.8. The van der Waals surface area contributed by atoms with Gasteiger partial charge in [0.1, 0.15) is 45.4 Å². The molecule has 8 aromatic rings. The molecular weight excluding hydrogens is 1290 g/mol. The van der Waals surface area contributed by atoms with Crippen LogP contribution in [0.5, 0.6) is 11.5 Å². The largest absolute Gasteiger partial charge is 0.573 e. The molecule has 4 aromatic heterocycles. The van der Waals surface area contributed by atoms with Crippen LogP contribution in [0.15, 0.2) is 91.2 Å². The summed E-state index contributed by atoms with van der Waals surface area (Å²) in [7, 11) is -2.77. The number of piperidine rings is 2. The van der Waals surface area contributed by atoms with E-state index < -0.39 is 40.1 Å². The average Bonchev–Trinajstić information content (AvgIpc) is 2.13. The molecule has 6 atom stereocenters. The molecular formula is C60H55BrF8N6O10S3. The molecule has 14 rings (SSSR count). The second-order valence-electron chi connectivity index (χ2n) is 22.9. The summed E-state index contributed by atoms with van der Waals surface area (Å²) < 4.78 is 173. The number of fused-ring (bicyclic) bond motifs is 6. The maximum Gasteiger partial charge on any atom is 0.573 e. The zero-order chi connectivity index (χ0) is 61.4. The van der Waals surface area contributed by atoms with Crippen LogP contribution in [0.2, 0.25) is 0 Å². The second-order valence-corrected chi connectivity index (χ2v) is 27.9. The van der Waals surface area contributed by atoms with Crippen molar-refractivity contribution >= 4 is 85.1 Å². The van der Waals surface area contributed by atoms with Crippen molar-refractivity contribution in [3.63, 3.8) is 0 Å². The van der Waals surface area contributed by atoms with Crippen LogP contribution >= 0.6 is 38.6 Å². The van der Waals surface area contributed by atoms with E-state index in [1.165, 1.54) is 72.2 Å². The van der Waals surface area contributed by atoms with Gasteiger partial charge in [-0.25, -0.2) is 27.2 Å². The van der Waals surface area contributed by atoms with E-state index in [2.05, 4.69) is 60.2 Å². The Kier molecular flexibility index (Phi) is 16.5. The monoisotopic (exact) mass is 1350 g/mol. The van der Waals surface area contributed by atoms with E-state index in [4.69, 9.17) is 18.5 Å². The van der Waals surface area contributed by atoms with Crippen LogP contribution in [0.25, 0.3) is 42.9 Å². The van der Waals surface area contributed by atoms with E-state index in [-0.39, 0.29) is 112 Å². The molecule has 0 radical (unpaired) electrons. The molecule has 2 saturated carbocycles. The van der Waals surface area contributed by atoms with Crippen LogP contribution in [0.4, 0.5) is 45.4 Å². The Labute approximate surface area is 514 Å². The van der Waals surface area contributed by atoms with Gasteiger partial charge < -0.3 is 42.5 Å². The molecule has 2 unspecified atom stereocenters. The van der Waals surface area contributed by atoms with Gasteiger partial charge in [-0.3, -0.25) is 4.79 Å². The Morgan fingerprint density at radius 2 is 1.07 bits per heavy atom. The number of carbonyl (C=O) groups excluding carboxylic acids is 1. The standard InChI is InChI=1S/C32H31F4N3O7S2.C28H24BrF4N3O3S/c1-43-27(40)10-11-48(41,42)21-14-24(33)29-26(15-21)47-31(37-29)39-18-8-9-19(39)13-20(12-18)44-16-23-28(38-46-30(23)17-6-7-17)22-4-2-3-5-25(22)45-32(34,35)36;29-15-9-21(30)25-23(10-15)40-27(34-25)36-16-7-8-17(36)12-18(11-16)37-13-20-24(35-39-26(20)14-5-6-14)19-3-1-2-4-22(19)38-28(31,32)33/h2-5,14-15,17-20H,6-13,16H2,1H3;1-4,9-10,14,16-18H,5-8,11-13H2/t18-,19+,20?;16-,17+,18?. The predicted octanol–water partition coefficient (Wildman–Crippen LogP) is 15.3. The topological polar surface area (TPSA) is 182 Å². The molecule has 6 fully saturated rings. The molecule has 88 heavy (non-hydrogen) atoms. The lowest BCUT2D eigenvalue weighted by atomic mass is 10.00. The van der Waals surface area contributed by atoms with E-state index in [1.54, 1.807) is 18.2 Å². The molecule has 4 aliphatic heterocycles. The van der Waals surface area contributed by atoms with E-state index >= 15 is 4.39 Å². The normalized spacial score (nSPS) is 21.9. The van der Waals surface area contributed by atoms with Gasteiger partial charge >= 0.3 is 18.7 Å². The highest BCUT2D eigenvalue weighted by atomic mass is 79.9. The number of hydrogen-bond acceptors (Lipinski definition) is 18. The number of esters is 1. The maximum atomic E-state index is 15.2. The van der Waals surface area contributed by atoms with E-state index in [0.717, 1.165) is 80.1 Å². The number of alkyl halides is 6. The molecule has 28 heteroatoms. The number of hydrogen-bond donors (Lipinski definition) is 0. The van der Waals surface area contributed by atoms with E-state index in [0.29, 0.717) is 61.0 Å². The van der Waals surface area contributed by atoms with Crippen molar-refractivity contribution in [1.82, 2.24) is 20.3 Å². The summed E-state index contributed by atoms with van der Waals surface area (Å²) in [6, 6.07) is 18.0. The van der Waals surface area contributed by atoms with Crippen molar-refractivity contribution in [3.8, 4) is 34.0 Å². The predicted molar refractivity (Wildman–Crippen MR) is 311 cm³/mol. The minimum Gasteiger partial charge on any atom is -0.469 e. The van der Waals surface area contributed by atoms with Crippen LogP contribution in [0.1, 0.15) is 118 Å². The molecule has 0 spiro atoms. The van der Waals surface area contributed by atoms with Crippen molar-refractivity contribution in [2.45, 2.75) is 163 Å². The fourth-order valence-electron chi connectivity index (χ4n) is 12.7. The number of sulfone groups is 1. The Morgan fingerprint density at radius 3 is 1.50 bits per heavy atom. The Hall–Kier alpha value is -6.46. The first kappa shape index (κ1) is 60.5. The summed E-state index contributed by atoms with van der Waals surface area (Å²) in [6.07, 6.45) is 0.0542. The SMILES string of the molecule is COC(=O)CCS(=O)(=O)c1cc(F)c2nc(N3[C@@H]4CC[C@H]3CC(OCc3c(-c5ccccc5OC(F)(F)F)noc3C3CC3)C4)sc2c1.Fc1cc(Br)cc2sc(N3[C@@H]4CC[C@H]3CC(OCc3c(-c5ccccc5OC(F)(F)F)noc3C3CC3)C4)nc12. The Morgan fingerprint density at radius 1 is 0.636 bits per heavy atom. The number of benzene rings is 4. The zero-order valence-electron chi connectivity index (χ0n) is 46.8. The van der Waals surface area contributed by atoms with Crippen molar-refractivity contribution in [2.24, 2.45) is 0 Å². The first-order valence-electron chi connectivity index (χ1n) is 28.8. The summed E-state index contributed by atoms with van der Waals surface area (Å²) in [4.78, 5) is 25.0. The van der Waals surface area contributed by atoms with Gasteiger partial charge in [0.05, 0.1) is 59.0 Å². The van der Waals surface area contributed by atoms with E-state index in [9.17, 15) is 43.9 Å². The van der Waals surface area contributed by atoms with Crippen LogP contribution in [-0.2, 0) is 42.1 Å². The van der Waals surface area contributed by atoms with Gasteiger partial charge in [-0.05, 0) is 126 Å². The van der Waals surface area contributed by atoms with Crippen molar-refractivity contribution < 1.29 is 81.1 Å². The lowest BCUT2D eigenvalue weighted by Gasteiger charge is -2.38. The van der Waals surface area contributed by atoms with Gasteiger partial charge in [-0.15, -0.1) is 26.3 Å². The van der Waals surface area contributed by atoms with Gasteiger partial charge in [0.25, 0.3) is 0 Å². The number of halogens is 9. The summed E-state index contributed by atoms with van der Waals surface area (Å²) >= 11 is 6.08. The number of aromatic nitrogens is 4. The molecule has 0 amide bonds. The molecule has 6 aliphatic rings. The minimum absolute atomic E-state index is 0.0366. The molecule has 8 heterocycles. The third-order valence-corrected chi connectivity index (χ3v) is 21.2. The maximum absolute atomic E-state index is 15.2. The number of methoxy groups -OCH3 is 1. The quantitative estimate of drug-likeness (QED) is 0.0584. The molecule has 4 saturated heterocycles. The van der Waals surface area contributed by atoms with Crippen LogP contribution in [0.3, 0.4) is 0 Å². The second kappa shape index (κ2) is 24.1. The zero-order valence-corrected chi connectivity index (χ0v) is 50.8. The Bertz CT molecular complexity index is 4010. The summed E-state index contributed by atoms with van der Waals surface area (Å²) in [5.41, 5.74) is 2.75. The molecule has 4 bridgehead atoms. The summed E-state index contributed by atoms with van der Waals surface area (Å²) in [5, 5.41) is 9.76. The van der Waals surface area contributed by atoms with Gasteiger partial charge in [-0.1, -0.05) is 73.2 Å². The average molecular weight is 1350 g/mol. The highest BCUT2D eigenvalue weighted by Gasteiger charge is 2.46. The van der Waals surface area contributed by atoms with Crippen LogP contribution in [-0.4, -0.2) is 96.6 Å². The summed E-state index contributed by atoms with van der Waals surface area (Å²) in [6.45, 7) is 0.296. The molecule has 16 nitrogen and oxygen atoms in total. The Balaban J connectivity index is 0.000000165. The van der Waals surface area contributed by atoms with Crippen molar-refractivity contribution in [3.05, 3.63) is 112 Å². The smallest absolute Gasteiger partial charge is 0.469 e. The third-order valence-electron chi connectivity index (χ3n) is 17.0. The van der Waals surface area contributed by atoms with Crippen molar-refractivity contribution in [1.29, 1.82) is 0 Å². The number of ether oxygens (including phenoxy) is 5. The van der Waals surface area contributed by atoms with Crippen molar-refractivity contribution in [2.75, 3.05) is 22.7 Å². The molecule has 466 valence electrons. The van der Waals surface area contributed by atoms with Crippen LogP contribution in [0, 0.1) is 11.6 Å². The summed E-state index contributed by atoms with van der Waals surface area (Å²) in [5.74, 6) is -1.31. The van der Waals surface area contributed by atoms with E-state index in [1.807, 2.05) is 6.07 Å². The fraction of sp³-hybridized carbons (Fsp3) is 0.450. The highest BCUT2D eigenvalue weighted by molar-refractivity contribution is 9.10. The molecule has 4 aromatic carbocycles. The van der Waals surface area contributed by atoms with Gasteiger partial charge in [-0.2, -0.15) is 0 Å². The first-order chi connectivity index (χ1) is 42.1. The van der Waals surface area contributed by atoms with Gasteiger partial charge in [0.15, 0.2) is 31.7 Å². The number of anilines is 2. The first-order valence-corrected chi connectivity index (χ1v) is 32.8. The van der Waals surface area contributed by atoms with Crippen LogP contribution < -0.4 is 19.3 Å². The molecule has 0 N–H and O–H groups in total. The number of carbonyl (C=O) groups is 1. The van der Waals surface area contributed by atoms with Gasteiger partial charge in [0.2, 0.25) is 0 Å².